The van der Waals surface area contributed by atoms with Gasteiger partial charge in [0, 0.05) is 31.5 Å². The standard InChI is InChI=1S/C11H13N5/c1-2-14-16-4-3-13-11(9(1)16)15-10-7-5-12-6-8(7)10/h1-4,7-8,10,12H,5-6H2,(H,13,15). The van der Waals surface area contributed by atoms with E-state index in [4.69, 9.17) is 0 Å². The first-order chi connectivity index (χ1) is 7.93. The molecule has 0 bridgehead atoms. The molecule has 0 spiro atoms. The SMILES string of the molecule is c1cn2nccc2c(NC2C3CNCC32)n1. The minimum atomic E-state index is 0.606. The Bertz CT molecular complexity index is 524. The molecule has 0 aromatic carbocycles. The van der Waals surface area contributed by atoms with Gasteiger partial charge < -0.3 is 10.6 Å². The van der Waals surface area contributed by atoms with Crippen molar-refractivity contribution in [2.45, 2.75) is 6.04 Å². The summed E-state index contributed by atoms with van der Waals surface area (Å²) in [5, 5.41) is 11.1. The fraction of sp³-hybridized carbons (Fsp3) is 0.455. The summed E-state index contributed by atoms with van der Waals surface area (Å²) in [6, 6.07) is 2.60. The number of rotatable bonds is 2. The molecule has 5 heteroatoms. The Morgan fingerprint density at radius 3 is 3.06 bits per heavy atom. The molecule has 1 aliphatic carbocycles. The first kappa shape index (κ1) is 8.52. The molecule has 2 aromatic heterocycles. The summed E-state index contributed by atoms with van der Waals surface area (Å²) < 4.78 is 1.85. The lowest BCUT2D eigenvalue weighted by Crippen LogP contribution is -2.22. The maximum Gasteiger partial charge on any atom is 0.152 e. The summed E-state index contributed by atoms with van der Waals surface area (Å²) in [6.45, 7) is 2.29. The Balaban J connectivity index is 1.65. The maximum atomic E-state index is 4.39. The molecule has 1 aliphatic heterocycles. The van der Waals surface area contributed by atoms with Crippen molar-refractivity contribution >= 4 is 11.3 Å². The van der Waals surface area contributed by atoms with E-state index in [-0.39, 0.29) is 0 Å². The van der Waals surface area contributed by atoms with Crippen LogP contribution in [0.5, 0.6) is 0 Å². The first-order valence-electron chi connectivity index (χ1n) is 5.69. The van der Waals surface area contributed by atoms with Crippen LogP contribution in [-0.2, 0) is 0 Å². The van der Waals surface area contributed by atoms with Crippen molar-refractivity contribution in [1.82, 2.24) is 19.9 Å². The van der Waals surface area contributed by atoms with E-state index in [1.807, 2.05) is 16.8 Å². The van der Waals surface area contributed by atoms with Crippen molar-refractivity contribution in [3.8, 4) is 0 Å². The van der Waals surface area contributed by atoms with Crippen molar-refractivity contribution in [3.63, 3.8) is 0 Å². The van der Waals surface area contributed by atoms with Crippen molar-refractivity contribution < 1.29 is 0 Å². The highest BCUT2D eigenvalue weighted by atomic mass is 15.2. The molecule has 4 rings (SSSR count). The van der Waals surface area contributed by atoms with E-state index in [9.17, 15) is 0 Å². The highest BCUT2D eigenvalue weighted by Gasteiger charge is 2.53. The molecule has 0 radical (unpaired) electrons. The topological polar surface area (TPSA) is 54.2 Å². The van der Waals surface area contributed by atoms with Crippen molar-refractivity contribution in [2.24, 2.45) is 11.8 Å². The van der Waals surface area contributed by atoms with Gasteiger partial charge >= 0.3 is 0 Å². The Labute approximate surface area is 92.9 Å². The number of fused-ring (bicyclic) bond motifs is 2. The van der Waals surface area contributed by atoms with E-state index >= 15 is 0 Å². The predicted octanol–water partition coefficient (Wildman–Crippen LogP) is 0.359. The smallest absolute Gasteiger partial charge is 0.152 e. The molecule has 2 atom stereocenters. The van der Waals surface area contributed by atoms with Gasteiger partial charge in [0.05, 0.1) is 6.20 Å². The Hall–Kier alpha value is -1.62. The summed E-state index contributed by atoms with van der Waals surface area (Å²) in [5.41, 5.74) is 1.06. The van der Waals surface area contributed by atoms with Gasteiger partial charge in [-0.2, -0.15) is 5.10 Å². The zero-order valence-electron chi connectivity index (χ0n) is 8.80. The third-order valence-electron chi connectivity index (χ3n) is 3.72. The van der Waals surface area contributed by atoms with Gasteiger partial charge in [-0.3, -0.25) is 0 Å². The molecule has 2 aliphatic rings. The lowest BCUT2D eigenvalue weighted by Gasteiger charge is -2.08. The molecule has 5 nitrogen and oxygen atoms in total. The zero-order valence-corrected chi connectivity index (χ0v) is 8.80. The summed E-state index contributed by atoms with van der Waals surface area (Å²) in [4.78, 5) is 4.39. The monoisotopic (exact) mass is 215 g/mol. The molecule has 16 heavy (non-hydrogen) atoms. The van der Waals surface area contributed by atoms with Crippen LogP contribution < -0.4 is 10.6 Å². The first-order valence-corrected chi connectivity index (χ1v) is 5.69. The number of aromatic nitrogens is 3. The molecule has 3 heterocycles. The predicted molar refractivity (Wildman–Crippen MR) is 60.2 cm³/mol. The highest BCUT2D eigenvalue weighted by molar-refractivity contribution is 5.67. The highest BCUT2D eigenvalue weighted by Crippen LogP contribution is 2.43. The van der Waals surface area contributed by atoms with E-state index in [2.05, 4.69) is 20.7 Å². The van der Waals surface area contributed by atoms with E-state index in [1.54, 1.807) is 12.4 Å². The molecule has 82 valence electrons. The average molecular weight is 215 g/mol. The van der Waals surface area contributed by atoms with Crippen LogP contribution in [0.3, 0.4) is 0 Å². The number of hydrogen-bond acceptors (Lipinski definition) is 4. The van der Waals surface area contributed by atoms with Crippen molar-refractivity contribution in [3.05, 3.63) is 24.7 Å². The van der Waals surface area contributed by atoms with Crippen LogP contribution >= 0.6 is 0 Å². The Kier molecular flexibility index (Phi) is 1.57. The second-order valence-corrected chi connectivity index (χ2v) is 4.59. The van der Waals surface area contributed by atoms with Crippen LogP contribution in [0.4, 0.5) is 5.82 Å². The van der Waals surface area contributed by atoms with Gasteiger partial charge in [0.2, 0.25) is 0 Å². The fourth-order valence-corrected chi connectivity index (χ4v) is 2.76. The molecule has 1 saturated carbocycles. The summed E-state index contributed by atoms with van der Waals surface area (Å²) in [7, 11) is 0. The van der Waals surface area contributed by atoms with E-state index in [1.165, 1.54) is 0 Å². The fourth-order valence-electron chi connectivity index (χ4n) is 2.76. The van der Waals surface area contributed by atoms with Gasteiger partial charge in [0.15, 0.2) is 5.82 Å². The Morgan fingerprint density at radius 2 is 2.19 bits per heavy atom. The minimum Gasteiger partial charge on any atom is -0.365 e. The molecule has 2 N–H and O–H groups in total. The molecule has 0 amide bonds. The van der Waals surface area contributed by atoms with Crippen LogP contribution in [0.2, 0.25) is 0 Å². The molecule has 2 unspecified atom stereocenters. The number of nitrogens with one attached hydrogen (secondary N) is 2. The maximum absolute atomic E-state index is 4.39. The summed E-state index contributed by atoms with van der Waals surface area (Å²) >= 11 is 0. The van der Waals surface area contributed by atoms with Gasteiger partial charge in [-0.1, -0.05) is 0 Å². The van der Waals surface area contributed by atoms with E-state index < -0.39 is 0 Å². The second-order valence-electron chi connectivity index (χ2n) is 4.59. The summed E-state index contributed by atoms with van der Waals surface area (Å²) in [6.07, 6.45) is 5.46. The number of nitrogens with zero attached hydrogens (tertiary/aromatic N) is 3. The third-order valence-corrected chi connectivity index (χ3v) is 3.72. The van der Waals surface area contributed by atoms with E-state index in [0.717, 1.165) is 36.3 Å². The van der Waals surface area contributed by atoms with Crippen molar-refractivity contribution in [2.75, 3.05) is 18.4 Å². The van der Waals surface area contributed by atoms with Crippen LogP contribution in [-0.4, -0.2) is 33.7 Å². The zero-order chi connectivity index (χ0) is 10.5. The number of piperidine rings is 1. The second kappa shape index (κ2) is 2.95. The summed E-state index contributed by atoms with van der Waals surface area (Å²) in [5.74, 6) is 2.55. The minimum absolute atomic E-state index is 0.606. The van der Waals surface area contributed by atoms with Gasteiger partial charge in [0.1, 0.15) is 5.52 Å². The Morgan fingerprint density at radius 1 is 1.31 bits per heavy atom. The van der Waals surface area contributed by atoms with E-state index in [0.29, 0.717) is 6.04 Å². The lowest BCUT2D eigenvalue weighted by atomic mass is 10.4. The number of hydrogen-bond donors (Lipinski definition) is 2. The van der Waals surface area contributed by atoms with Gasteiger partial charge in [-0.15, -0.1) is 0 Å². The van der Waals surface area contributed by atoms with Crippen LogP contribution in [0, 0.1) is 11.8 Å². The quantitative estimate of drug-likeness (QED) is 0.759. The normalized spacial score (nSPS) is 31.6. The van der Waals surface area contributed by atoms with Gasteiger partial charge in [-0.05, 0) is 17.9 Å². The average Bonchev–Trinajstić information content (AvgIpc) is 2.80. The molecule has 1 saturated heterocycles. The lowest BCUT2D eigenvalue weighted by molar-refractivity contribution is 0.695. The molecular weight excluding hydrogens is 202 g/mol. The molecule has 2 aromatic rings. The third kappa shape index (κ3) is 1.09. The largest absolute Gasteiger partial charge is 0.365 e. The van der Waals surface area contributed by atoms with Gasteiger partial charge in [0.25, 0.3) is 0 Å². The number of anilines is 1. The molecular formula is C11H13N5. The van der Waals surface area contributed by atoms with Crippen LogP contribution in [0.1, 0.15) is 0 Å². The molecule has 2 fully saturated rings. The van der Waals surface area contributed by atoms with Crippen LogP contribution in [0.25, 0.3) is 5.52 Å². The van der Waals surface area contributed by atoms with Gasteiger partial charge in [-0.25, -0.2) is 9.50 Å². The van der Waals surface area contributed by atoms with Crippen molar-refractivity contribution in [1.29, 1.82) is 0 Å². The van der Waals surface area contributed by atoms with Crippen LogP contribution in [0.15, 0.2) is 24.7 Å².